The predicted octanol–water partition coefficient (Wildman–Crippen LogP) is 2.38. The molecule has 0 saturated heterocycles. The molecule has 22 heavy (non-hydrogen) atoms. The van der Waals surface area contributed by atoms with Gasteiger partial charge in [-0.15, -0.1) is 12.4 Å². The summed E-state index contributed by atoms with van der Waals surface area (Å²) in [5, 5.41) is 0. The van der Waals surface area contributed by atoms with E-state index in [9.17, 15) is 8.42 Å². The fourth-order valence-electron chi connectivity index (χ4n) is 1.91. The van der Waals surface area contributed by atoms with E-state index in [0.717, 1.165) is 0 Å². The van der Waals surface area contributed by atoms with Crippen LogP contribution in [-0.2, 0) is 9.05 Å². The van der Waals surface area contributed by atoms with Crippen LogP contribution in [0.5, 0.6) is 5.75 Å². The van der Waals surface area contributed by atoms with E-state index in [1.807, 2.05) is 0 Å². The van der Waals surface area contributed by atoms with Gasteiger partial charge in [0.1, 0.15) is 23.4 Å². The molecule has 0 aliphatic rings. The number of fused-ring (bicyclic) bond motifs is 1. The number of benzene rings is 1. The molecule has 0 radical (unpaired) electrons. The first-order chi connectivity index (χ1) is 9.99. The lowest BCUT2D eigenvalue weighted by atomic mass is 10.2. The van der Waals surface area contributed by atoms with Crippen LogP contribution < -0.4 is 4.74 Å². The number of H-pyrrole nitrogens is 1. The van der Waals surface area contributed by atoms with Gasteiger partial charge in [-0.2, -0.15) is 0 Å². The lowest BCUT2D eigenvalue weighted by Crippen LogP contribution is -1.95. The number of imidazole rings is 1. The van der Waals surface area contributed by atoms with Crippen LogP contribution >= 0.6 is 23.1 Å². The molecule has 0 unspecified atom stereocenters. The zero-order valence-corrected chi connectivity index (χ0v) is 13.5. The molecule has 0 aliphatic heterocycles. The van der Waals surface area contributed by atoms with Gasteiger partial charge < -0.3 is 9.72 Å². The van der Waals surface area contributed by atoms with E-state index in [1.54, 1.807) is 12.3 Å². The summed E-state index contributed by atoms with van der Waals surface area (Å²) >= 11 is 0. The number of rotatable bonds is 3. The van der Waals surface area contributed by atoms with Gasteiger partial charge in [-0.05, 0) is 12.1 Å². The summed E-state index contributed by atoms with van der Waals surface area (Å²) in [7, 11) is 2.94. The zero-order chi connectivity index (χ0) is 15.0. The Kier molecular flexibility index (Phi) is 4.55. The van der Waals surface area contributed by atoms with Gasteiger partial charge in [0, 0.05) is 16.7 Å². The van der Waals surface area contributed by atoms with Gasteiger partial charge in [-0.25, -0.2) is 23.4 Å². The van der Waals surface area contributed by atoms with Gasteiger partial charge >= 0.3 is 0 Å². The Hall–Kier alpha value is -1.90. The molecule has 1 N–H and O–H groups in total. The Morgan fingerprint density at radius 3 is 2.73 bits per heavy atom. The van der Waals surface area contributed by atoms with Crippen LogP contribution in [-0.4, -0.2) is 35.5 Å². The summed E-state index contributed by atoms with van der Waals surface area (Å²) in [6.07, 6.45) is 3.00. The minimum Gasteiger partial charge on any atom is -0.496 e. The molecule has 0 fully saturated rings. The van der Waals surface area contributed by atoms with Crippen LogP contribution in [0.2, 0.25) is 0 Å². The monoisotopic (exact) mass is 360 g/mol. The van der Waals surface area contributed by atoms with Crippen molar-refractivity contribution in [3.8, 4) is 17.1 Å². The quantitative estimate of drug-likeness (QED) is 0.720. The molecule has 7 nitrogen and oxygen atoms in total. The molecule has 3 rings (SSSR count). The molecule has 0 atom stereocenters. The smallest absolute Gasteiger partial charge is 0.261 e. The van der Waals surface area contributed by atoms with Crippen molar-refractivity contribution < 1.29 is 13.2 Å². The third-order valence-electron chi connectivity index (χ3n) is 2.87. The molecule has 116 valence electrons. The maximum Gasteiger partial charge on any atom is 0.261 e. The summed E-state index contributed by atoms with van der Waals surface area (Å²) in [5.41, 5.74) is 1.78. The highest BCUT2D eigenvalue weighted by atomic mass is 35.7. The number of nitrogens with one attached hydrogen (secondary N) is 1. The highest BCUT2D eigenvalue weighted by Gasteiger charge is 2.16. The van der Waals surface area contributed by atoms with E-state index >= 15 is 0 Å². The average molecular weight is 361 g/mol. The van der Waals surface area contributed by atoms with Crippen molar-refractivity contribution in [1.29, 1.82) is 0 Å². The minimum atomic E-state index is -3.82. The SMILES string of the molecule is COc1cc(S(=O)(=O)Cl)ccc1-c1nc2ncncc2[nH]1.Cl. The molecular weight excluding hydrogens is 351 g/mol. The molecule has 0 aliphatic carbocycles. The van der Waals surface area contributed by atoms with Gasteiger partial charge in [0.05, 0.1) is 23.8 Å². The number of aromatic nitrogens is 4. The Bertz CT molecular complexity index is 894. The molecule has 2 heterocycles. The summed E-state index contributed by atoms with van der Waals surface area (Å²) < 4.78 is 27.9. The number of methoxy groups -OCH3 is 1. The molecular formula is C12H10Cl2N4O3S. The van der Waals surface area contributed by atoms with Gasteiger partial charge in [-0.1, -0.05) is 0 Å². The van der Waals surface area contributed by atoms with Gasteiger partial charge in [0.2, 0.25) is 0 Å². The van der Waals surface area contributed by atoms with Crippen LogP contribution in [0.15, 0.2) is 35.6 Å². The van der Waals surface area contributed by atoms with Crippen molar-refractivity contribution in [3.63, 3.8) is 0 Å². The first kappa shape index (κ1) is 16.5. The molecule has 0 amide bonds. The van der Waals surface area contributed by atoms with E-state index in [-0.39, 0.29) is 17.3 Å². The van der Waals surface area contributed by atoms with Gasteiger partial charge in [0.25, 0.3) is 9.05 Å². The maximum atomic E-state index is 11.4. The molecule has 0 bridgehead atoms. The number of halogens is 2. The number of nitrogens with zero attached hydrogens (tertiary/aromatic N) is 3. The number of aromatic amines is 1. The zero-order valence-electron chi connectivity index (χ0n) is 11.1. The van der Waals surface area contributed by atoms with Crippen LogP contribution in [0, 0.1) is 0 Å². The molecule has 10 heteroatoms. The summed E-state index contributed by atoms with van der Waals surface area (Å²) in [6.45, 7) is 0. The molecule has 1 aromatic carbocycles. The lowest BCUT2D eigenvalue weighted by Gasteiger charge is -2.07. The Morgan fingerprint density at radius 2 is 2.09 bits per heavy atom. The van der Waals surface area contributed by atoms with Crippen molar-refractivity contribution in [2.75, 3.05) is 7.11 Å². The second-order valence-corrected chi connectivity index (χ2v) is 6.71. The Morgan fingerprint density at radius 1 is 1.32 bits per heavy atom. The summed E-state index contributed by atoms with van der Waals surface area (Å²) in [6, 6.07) is 4.30. The standard InChI is InChI=1S/C12H9ClN4O3S.ClH/c1-20-10-4-7(21(13,18)19)2-3-8(10)11-16-9-5-14-6-15-12(9)17-11;/h2-6H,1H3,(H,14,15,16,17);1H. The highest BCUT2D eigenvalue weighted by Crippen LogP contribution is 2.32. The largest absolute Gasteiger partial charge is 0.496 e. The summed E-state index contributed by atoms with van der Waals surface area (Å²) in [4.78, 5) is 15.2. The number of hydrogen-bond acceptors (Lipinski definition) is 6. The number of ether oxygens (including phenoxy) is 1. The van der Waals surface area contributed by atoms with Crippen molar-refractivity contribution in [3.05, 3.63) is 30.7 Å². The lowest BCUT2D eigenvalue weighted by molar-refractivity contribution is 0.415. The van der Waals surface area contributed by atoms with E-state index in [1.165, 1.54) is 25.6 Å². The average Bonchev–Trinajstić information content (AvgIpc) is 2.89. The summed E-state index contributed by atoms with van der Waals surface area (Å²) in [5.74, 6) is 0.838. The van der Waals surface area contributed by atoms with E-state index < -0.39 is 9.05 Å². The minimum absolute atomic E-state index is 0. The second-order valence-electron chi connectivity index (χ2n) is 4.15. The first-order valence-corrected chi connectivity index (χ1v) is 8.09. The maximum absolute atomic E-state index is 11.4. The Labute approximate surface area is 136 Å². The van der Waals surface area contributed by atoms with Crippen molar-refractivity contribution in [2.24, 2.45) is 0 Å². The highest BCUT2D eigenvalue weighted by molar-refractivity contribution is 8.13. The van der Waals surface area contributed by atoms with Crippen LogP contribution in [0.25, 0.3) is 22.6 Å². The Balaban J connectivity index is 0.00000176. The van der Waals surface area contributed by atoms with Gasteiger partial charge in [0.15, 0.2) is 5.65 Å². The molecule has 0 saturated carbocycles. The third-order valence-corrected chi connectivity index (χ3v) is 4.22. The van der Waals surface area contributed by atoms with E-state index in [0.29, 0.717) is 28.3 Å². The molecule has 0 spiro atoms. The predicted molar refractivity (Wildman–Crippen MR) is 84.0 cm³/mol. The molecule has 2 aromatic heterocycles. The van der Waals surface area contributed by atoms with Crippen molar-refractivity contribution >= 4 is 43.3 Å². The number of hydrogen-bond donors (Lipinski definition) is 1. The van der Waals surface area contributed by atoms with Crippen molar-refractivity contribution in [2.45, 2.75) is 4.90 Å². The van der Waals surface area contributed by atoms with E-state index in [2.05, 4.69) is 19.9 Å². The third kappa shape index (κ3) is 2.99. The van der Waals surface area contributed by atoms with Crippen LogP contribution in [0.4, 0.5) is 0 Å². The fraction of sp³-hybridized carbons (Fsp3) is 0.0833. The van der Waals surface area contributed by atoms with Crippen molar-refractivity contribution in [1.82, 2.24) is 19.9 Å². The van der Waals surface area contributed by atoms with Crippen LogP contribution in [0.3, 0.4) is 0 Å². The van der Waals surface area contributed by atoms with E-state index in [4.69, 9.17) is 15.4 Å². The normalized spacial score (nSPS) is 11.2. The van der Waals surface area contributed by atoms with Crippen LogP contribution in [0.1, 0.15) is 0 Å². The fourth-order valence-corrected chi connectivity index (χ4v) is 2.67. The second kappa shape index (κ2) is 6.07. The first-order valence-electron chi connectivity index (χ1n) is 5.78. The molecule has 3 aromatic rings. The van der Waals surface area contributed by atoms with Gasteiger partial charge in [-0.3, -0.25) is 0 Å². The topological polar surface area (TPSA) is 97.8 Å².